The monoisotopic (exact) mass is 322 g/mol. The Hall–Kier alpha value is -0.490. The summed E-state index contributed by atoms with van der Waals surface area (Å²) in [5, 5.41) is 10.2. The summed E-state index contributed by atoms with van der Waals surface area (Å²) in [4.78, 5) is 0. The molecule has 1 unspecified atom stereocenters. The van der Waals surface area contributed by atoms with Crippen LogP contribution in [0.15, 0.2) is 18.2 Å². The lowest BCUT2D eigenvalue weighted by Gasteiger charge is -2.22. The second-order valence-electron chi connectivity index (χ2n) is 3.18. The smallest absolute Gasteiger partial charge is 0.144 e. The molecule has 0 fully saturated rings. The van der Waals surface area contributed by atoms with Gasteiger partial charge in [-0.05, 0) is 47.2 Å². The SMILES string of the molecule is CCC(O)(I)c1cc(OC)ccc1OC. The second kappa shape index (κ2) is 5.03. The van der Waals surface area contributed by atoms with E-state index in [4.69, 9.17) is 9.47 Å². The molecule has 0 amide bonds. The zero-order valence-electron chi connectivity index (χ0n) is 9.08. The minimum atomic E-state index is -0.919. The van der Waals surface area contributed by atoms with Crippen LogP contribution in [0, 0.1) is 0 Å². The van der Waals surface area contributed by atoms with Gasteiger partial charge in [-0.1, -0.05) is 6.92 Å². The van der Waals surface area contributed by atoms with Gasteiger partial charge in [0.2, 0.25) is 0 Å². The van der Waals surface area contributed by atoms with Crippen molar-refractivity contribution in [2.24, 2.45) is 0 Å². The average molecular weight is 322 g/mol. The fraction of sp³-hybridized carbons (Fsp3) is 0.455. The number of aliphatic hydroxyl groups is 1. The summed E-state index contributed by atoms with van der Waals surface area (Å²) in [6.07, 6.45) is 0.608. The van der Waals surface area contributed by atoms with Crippen molar-refractivity contribution in [2.45, 2.75) is 17.0 Å². The molecule has 0 aliphatic rings. The molecule has 84 valence electrons. The molecule has 1 aromatic rings. The van der Waals surface area contributed by atoms with Crippen LogP contribution < -0.4 is 9.47 Å². The molecule has 0 radical (unpaired) electrons. The molecule has 1 N–H and O–H groups in total. The van der Waals surface area contributed by atoms with E-state index in [0.29, 0.717) is 17.9 Å². The number of hydrogen-bond donors (Lipinski definition) is 1. The van der Waals surface area contributed by atoms with Crippen molar-refractivity contribution < 1.29 is 14.6 Å². The van der Waals surface area contributed by atoms with Gasteiger partial charge in [0.25, 0.3) is 0 Å². The fourth-order valence-corrected chi connectivity index (χ4v) is 1.73. The molecule has 0 heterocycles. The van der Waals surface area contributed by atoms with Crippen molar-refractivity contribution >= 4 is 22.6 Å². The van der Waals surface area contributed by atoms with Gasteiger partial charge in [0, 0.05) is 5.56 Å². The Morgan fingerprint density at radius 2 is 2.00 bits per heavy atom. The lowest BCUT2D eigenvalue weighted by Crippen LogP contribution is -2.16. The van der Waals surface area contributed by atoms with E-state index in [2.05, 4.69) is 0 Å². The molecular weight excluding hydrogens is 307 g/mol. The molecule has 1 aromatic carbocycles. The summed E-state index contributed by atoms with van der Waals surface area (Å²) in [5.41, 5.74) is 0.743. The van der Waals surface area contributed by atoms with Crippen LogP contribution in [0.1, 0.15) is 18.9 Å². The van der Waals surface area contributed by atoms with E-state index in [0.717, 1.165) is 5.56 Å². The van der Waals surface area contributed by atoms with Gasteiger partial charge in [0.15, 0.2) is 0 Å². The van der Waals surface area contributed by atoms with Gasteiger partial charge in [-0.25, -0.2) is 0 Å². The van der Waals surface area contributed by atoms with Crippen LogP contribution >= 0.6 is 22.6 Å². The van der Waals surface area contributed by atoms with E-state index >= 15 is 0 Å². The van der Waals surface area contributed by atoms with Crippen molar-refractivity contribution in [1.29, 1.82) is 0 Å². The molecule has 1 atom stereocenters. The molecule has 15 heavy (non-hydrogen) atoms. The summed E-state index contributed by atoms with van der Waals surface area (Å²) < 4.78 is 9.42. The van der Waals surface area contributed by atoms with Crippen LogP contribution in [-0.4, -0.2) is 19.3 Å². The first kappa shape index (κ1) is 12.6. The number of methoxy groups -OCH3 is 2. The van der Waals surface area contributed by atoms with Crippen molar-refractivity contribution in [3.05, 3.63) is 23.8 Å². The van der Waals surface area contributed by atoms with Crippen molar-refractivity contribution in [3.63, 3.8) is 0 Å². The van der Waals surface area contributed by atoms with Gasteiger partial charge in [0.05, 0.1) is 14.2 Å². The van der Waals surface area contributed by atoms with Gasteiger partial charge in [-0.2, -0.15) is 0 Å². The third-order valence-corrected chi connectivity index (χ3v) is 3.63. The predicted octanol–water partition coefficient (Wildman–Crippen LogP) is 2.69. The summed E-state index contributed by atoms with van der Waals surface area (Å²) in [6, 6.07) is 5.41. The van der Waals surface area contributed by atoms with Gasteiger partial charge in [0.1, 0.15) is 15.1 Å². The Balaban J connectivity index is 3.23. The standard InChI is InChI=1S/C11H15IO3/c1-4-11(12,13)9-7-8(14-2)5-6-10(9)15-3/h5-7,13H,4H2,1-3H3. The van der Waals surface area contributed by atoms with E-state index in [1.165, 1.54) is 0 Å². The first-order chi connectivity index (χ1) is 7.05. The zero-order chi connectivity index (χ0) is 11.5. The molecule has 0 saturated carbocycles. The molecule has 1 rings (SSSR count). The topological polar surface area (TPSA) is 38.7 Å². The average Bonchev–Trinajstić information content (AvgIpc) is 2.28. The van der Waals surface area contributed by atoms with Crippen molar-refractivity contribution in [3.8, 4) is 11.5 Å². The maximum atomic E-state index is 10.2. The molecule has 0 aliphatic carbocycles. The normalized spacial score (nSPS) is 14.5. The third-order valence-electron chi connectivity index (χ3n) is 2.29. The summed E-state index contributed by atoms with van der Waals surface area (Å²) in [5.74, 6) is 1.39. The maximum absolute atomic E-state index is 10.2. The zero-order valence-corrected chi connectivity index (χ0v) is 11.2. The second-order valence-corrected chi connectivity index (χ2v) is 4.96. The molecule has 0 aromatic heterocycles. The molecule has 0 saturated heterocycles. The number of halogens is 1. The largest absolute Gasteiger partial charge is 0.497 e. The maximum Gasteiger partial charge on any atom is 0.144 e. The van der Waals surface area contributed by atoms with Crippen LogP contribution in [0.3, 0.4) is 0 Å². The molecule has 0 aliphatic heterocycles. The first-order valence-electron chi connectivity index (χ1n) is 4.69. The van der Waals surface area contributed by atoms with Gasteiger partial charge in [-0.15, -0.1) is 0 Å². The van der Waals surface area contributed by atoms with Crippen molar-refractivity contribution in [1.82, 2.24) is 0 Å². The minimum Gasteiger partial charge on any atom is -0.497 e. The Morgan fingerprint density at radius 3 is 2.47 bits per heavy atom. The number of alkyl halides is 1. The first-order valence-corrected chi connectivity index (χ1v) is 5.76. The fourth-order valence-electron chi connectivity index (χ4n) is 1.30. The third kappa shape index (κ3) is 2.75. The van der Waals surface area contributed by atoms with E-state index in [1.54, 1.807) is 26.4 Å². The number of ether oxygens (including phenoxy) is 2. The summed E-state index contributed by atoms with van der Waals surface area (Å²) in [6.45, 7) is 1.92. The lowest BCUT2D eigenvalue weighted by atomic mass is 10.1. The van der Waals surface area contributed by atoms with Crippen LogP contribution in [0.2, 0.25) is 0 Å². The Labute approximate surface area is 104 Å². The van der Waals surface area contributed by atoms with Gasteiger partial charge < -0.3 is 14.6 Å². The highest BCUT2D eigenvalue weighted by molar-refractivity contribution is 14.1. The van der Waals surface area contributed by atoms with Crippen LogP contribution in [0.5, 0.6) is 11.5 Å². The molecule has 0 spiro atoms. The van der Waals surface area contributed by atoms with Gasteiger partial charge in [-0.3, -0.25) is 0 Å². The lowest BCUT2D eigenvalue weighted by molar-refractivity contribution is 0.148. The van der Waals surface area contributed by atoms with Crippen molar-refractivity contribution in [2.75, 3.05) is 14.2 Å². The van der Waals surface area contributed by atoms with E-state index < -0.39 is 3.61 Å². The Kier molecular flexibility index (Phi) is 4.21. The molecule has 0 bridgehead atoms. The highest BCUT2D eigenvalue weighted by Crippen LogP contribution is 2.39. The highest BCUT2D eigenvalue weighted by atomic mass is 127. The summed E-state index contributed by atoms with van der Waals surface area (Å²) >= 11 is 2.01. The molecular formula is C11H15IO3. The molecule has 3 nitrogen and oxygen atoms in total. The molecule has 4 heteroatoms. The van der Waals surface area contributed by atoms with Gasteiger partial charge >= 0.3 is 0 Å². The van der Waals surface area contributed by atoms with Crippen LogP contribution in [-0.2, 0) is 3.61 Å². The highest BCUT2D eigenvalue weighted by Gasteiger charge is 2.27. The van der Waals surface area contributed by atoms with E-state index in [1.807, 2.05) is 35.6 Å². The van der Waals surface area contributed by atoms with E-state index in [-0.39, 0.29) is 0 Å². The quantitative estimate of drug-likeness (QED) is 0.684. The summed E-state index contributed by atoms with van der Waals surface area (Å²) in [7, 11) is 3.19. The number of rotatable bonds is 4. The Morgan fingerprint density at radius 1 is 1.33 bits per heavy atom. The predicted molar refractivity (Wildman–Crippen MR) is 67.8 cm³/mol. The van der Waals surface area contributed by atoms with Crippen LogP contribution in [0.4, 0.5) is 0 Å². The Bertz CT molecular complexity index is 337. The number of benzene rings is 1. The van der Waals surface area contributed by atoms with E-state index in [9.17, 15) is 5.11 Å². The minimum absolute atomic E-state index is 0.608. The van der Waals surface area contributed by atoms with Crippen LogP contribution in [0.25, 0.3) is 0 Å². The number of hydrogen-bond acceptors (Lipinski definition) is 3.